The topological polar surface area (TPSA) is 81.4 Å². The van der Waals surface area contributed by atoms with Crippen LogP contribution in [0.25, 0.3) is 0 Å². The van der Waals surface area contributed by atoms with Gasteiger partial charge in [0.25, 0.3) is 0 Å². The molecule has 2 atom stereocenters. The molecule has 6 heteroatoms. The second-order valence-corrected chi connectivity index (χ2v) is 7.68. The molecule has 1 fully saturated rings. The molecular weight excluding hydrogens is 288 g/mol. The molecule has 0 saturated heterocycles. The third-order valence-corrected chi connectivity index (χ3v) is 5.79. The molecular formula is C15H20N2O3S. The molecule has 0 radical (unpaired) electrons. The van der Waals surface area contributed by atoms with Gasteiger partial charge < -0.3 is 5.11 Å². The molecule has 0 aliphatic heterocycles. The highest BCUT2D eigenvalue weighted by Gasteiger charge is 2.29. The highest BCUT2D eigenvalue weighted by atomic mass is 32.2. The number of rotatable bonds is 5. The zero-order valence-electron chi connectivity index (χ0n) is 12.1. The number of benzene rings is 1. The average molecular weight is 308 g/mol. The third-order valence-electron chi connectivity index (χ3n) is 3.99. The van der Waals surface area contributed by atoms with Gasteiger partial charge in [-0.1, -0.05) is 18.6 Å². The molecule has 2 rings (SSSR count). The average Bonchev–Trinajstić information content (AvgIpc) is 2.84. The van der Waals surface area contributed by atoms with Gasteiger partial charge in [-0.25, -0.2) is 12.7 Å². The summed E-state index contributed by atoms with van der Waals surface area (Å²) in [6.07, 6.45) is 2.17. The number of nitriles is 1. The van der Waals surface area contributed by atoms with Crippen molar-refractivity contribution in [2.45, 2.75) is 31.1 Å². The predicted molar refractivity (Wildman–Crippen MR) is 79.8 cm³/mol. The van der Waals surface area contributed by atoms with Crippen LogP contribution in [0.1, 0.15) is 30.4 Å². The summed E-state index contributed by atoms with van der Waals surface area (Å²) in [7, 11) is -1.89. The maximum Gasteiger partial charge on any atom is 0.218 e. The number of hydrogen-bond donors (Lipinski definition) is 1. The van der Waals surface area contributed by atoms with Crippen LogP contribution >= 0.6 is 0 Å². The Morgan fingerprint density at radius 2 is 2.19 bits per heavy atom. The standard InChI is InChI=1S/C15H20N2O3S/c1-17(10-14-6-3-7-15(14)18)21(19,20)11-13-5-2-4-12(8-13)9-16/h2,4-5,8,14-15,18H,3,6-7,10-11H2,1H3. The van der Waals surface area contributed by atoms with Crippen molar-refractivity contribution in [1.82, 2.24) is 4.31 Å². The van der Waals surface area contributed by atoms with Gasteiger partial charge in [0.15, 0.2) is 0 Å². The van der Waals surface area contributed by atoms with E-state index in [9.17, 15) is 13.5 Å². The van der Waals surface area contributed by atoms with Crippen LogP contribution in [0, 0.1) is 17.2 Å². The zero-order chi connectivity index (χ0) is 15.5. The second kappa shape index (κ2) is 6.56. The fourth-order valence-electron chi connectivity index (χ4n) is 2.73. The van der Waals surface area contributed by atoms with Crippen LogP contribution in [0.2, 0.25) is 0 Å². The summed E-state index contributed by atoms with van der Waals surface area (Å²) in [5, 5.41) is 18.7. The summed E-state index contributed by atoms with van der Waals surface area (Å²) >= 11 is 0. The molecule has 2 unspecified atom stereocenters. The van der Waals surface area contributed by atoms with E-state index in [-0.39, 0.29) is 11.7 Å². The van der Waals surface area contributed by atoms with E-state index in [0.717, 1.165) is 19.3 Å². The molecule has 1 saturated carbocycles. The van der Waals surface area contributed by atoms with Crippen molar-refractivity contribution in [2.24, 2.45) is 5.92 Å². The molecule has 1 aromatic rings. The Morgan fingerprint density at radius 3 is 2.81 bits per heavy atom. The molecule has 21 heavy (non-hydrogen) atoms. The molecule has 0 heterocycles. The fraction of sp³-hybridized carbons (Fsp3) is 0.533. The number of nitrogens with zero attached hydrogens (tertiary/aromatic N) is 2. The predicted octanol–water partition coefficient (Wildman–Crippen LogP) is 1.48. The Balaban J connectivity index is 2.05. The highest BCUT2D eigenvalue weighted by Crippen LogP contribution is 2.27. The van der Waals surface area contributed by atoms with Crippen molar-refractivity contribution >= 4 is 10.0 Å². The summed E-state index contributed by atoms with van der Waals surface area (Å²) in [6, 6.07) is 8.64. The van der Waals surface area contributed by atoms with Gasteiger partial charge in [-0.15, -0.1) is 0 Å². The highest BCUT2D eigenvalue weighted by molar-refractivity contribution is 7.88. The zero-order valence-corrected chi connectivity index (χ0v) is 12.9. The lowest BCUT2D eigenvalue weighted by Gasteiger charge is -2.23. The Kier molecular flexibility index (Phi) is 4.99. The van der Waals surface area contributed by atoms with E-state index in [2.05, 4.69) is 0 Å². The molecule has 1 aromatic carbocycles. The van der Waals surface area contributed by atoms with Gasteiger partial charge in [0, 0.05) is 13.6 Å². The minimum atomic E-state index is -3.44. The lowest BCUT2D eigenvalue weighted by atomic mass is 10.1. The van der Waals surface area contributed by atoms with Crippen LogP contribution in [0.15, 0.2) is 24.3 Å². The quantitative estimate of drug-likeness (QED) is 0.893. The van der Waals surface area contributed by atoms with Crippen LogP contribution in [-0.2, 0) is 15.8 Å². The van der Waals surface area contributed by atoms with E-state index < -0.39 is 16.1 Å². The van der Waals surface area contributed by atoms with E-state index in [0.29, 0.717) is 17.7 Å². The monoisotopic (exact) mass is 308 g/mol. The van der Waals surface area contributed by atoms with Crippen LogP contribution in [0.3, 0.4) is 0 Å². The van der Waals surface area contributed by atoms with Crippen molar-refractivity contribution < 1.29 is 13.5 Å². The molecule has 5 nitrogen and oxygen atoms in total. The van der Waals surface area contributed by atoms with Gasteiger partial charge in [-0.05, 0) is 36.5 Å². The molecule has 1 N–H and O–H groups in total. The molecule has 0 aromatic heterocycles. The van der Waals surface area contributed by atoms with Crippen molar-refractivity contribution in [3.8, 4) is 6.07 Å². The van der Waals surface area contributed by atoms with E-state index in [1.54, 1.807) is 31.3 Å². The first kappa shape index (κ1) is 16.0. The maximum atomic E-state index is 12.4. The Bertz CT molecular complexity index is 637. The van der Waals surface area contributed by atoms with Crippen molar-refractivity contribution in [3.05, 3.63) is 35.4 Å². The van der Waals surface area contributed by atoms with Crippen molar-refractivity contribution in [1.29, 1.82) is 5.26 Å². The number of hydrogen-bond acceptors (Lipinski definition) is 4. The van der Waals surface area contributed by atoms with Crippen LogP contribution < -0.4 is 0 Å². The van der Waals surface area contributed by atoms with Crippen molar-refractivity contribution in [3.63, 3.8) is 0 Å². The number of aliphatic hydroxyl groups excluding tert-OH is 1. The van der Waals surface area contributed by atoms with Gasteiger partial charge in [0.1, 0.15) is 0 Å². The normalized spacial score (nSPS) is 22.4. The van der Waals surface area contributed by atoms with Crippen LogP contribution in [-0.4, -0.2) is 37.5 Å². The minimum Gasteiger partial charge on any atom is -0.393 e. The summed E-state index contributed by atoms with van der Waals surface area (Å²) in [6.45, 7) is 0.349. The largest absolute Gasteiger partial charge is 0.393 e. The van der Waals surface area contributed by atoms with Gasteiger partial charge >= 0.3 is 0 Å². The van der Waals surface area contributed by atoms with Gasteiger partial charge in [0.2, 0.25) is 10.0 Å². The molecule has 114 valence electrons. The van der Waals surface area contributed by atoms with Gasteiger partial charge in [-0.2, -0.15) is 5.26 Å². The first-order valence-corrected chi connectivity index (χ1v) is 8.64. The summed E-state index contributed by atoms with van der Waals surface area (Å²) in [4.78, 5) is 0. The van der Waals surface area contributed by atoms with E-state index >= 15 is 0 Å². The second-order valence-electron chi connectivity index (χ2n) is 5.61. The first-order valence-electron chi connectivity index (χ1n) is 7.03. The minimum absolute atomic E-state index is 0.0233. The van der Waals surface area contributed by atoms with Crippen LogP contribution in [0.5, 0.6) is 0 Å². The molecule has 1 aliphatic rings. The Labute approximate surface area is 125 Å². The molecule has 0 bridgehead atoms. The maximum absolute atomic E-state index is 12.4. The fourth-order valence-corrected chi connectivity index (χ4v) is 3.97. The van der Waals surface area contributed by atoms with E-state index in [1.807, 2.05) is 6.07 Å². The molecule has 0 amide bonds. The SMILES string of the molecule is CN(CC1CCCC1O)S(=O)(=O)Cc1cccc(C#N)c1. The summed E-state index contributed by atoms with van der Waals surface area (Å²) < 4.78 is 26.0. The molecule has 0 spiro atoms. The van der Waals surface area contributed by atoms with Crippen LogP contribution in [0.4, 0.5) is 0 Å². The molecule has 1 aliphatic carbocycles. The van der Waals surface area contributed by atoms with Gasteiger partial charge in [-0.3, -0.25) is 0 Å². The Hall–Kier alpha value is -1.42. The number of aliphatic hydroxyl groups is 1. The number of sulfonamides is 1. The smallest absolute Gasteiger partial charge is 0.218 e. The van der Waals surface area contributed by atoms with E-state index in [4.69, 9.17) is 5.26 Å². The lowest BCUT2D eigenvalue weighted by Crippen LogP contribution is -2.35. The van der Waals surface area contributed by atoms with E-state index in [1.165, 1.54) is 4.31 Å². The summed E-state index contributed by atoms with van der Waals surface area (Å²) in [5.74, 6) is -0.0998. The lowest BCUT2D eigenvalue weighted by molar-refractivity contribution is 0.123. The summed E-state index contributed by atoms with van der Waals surface area (Å²) in [5.41, 5.74) is 1.06. The van der Waals surface area contributed by atoms with Gasteiger partial charge in [0.05, 0.1) is 23.5 Å². The third kappa shape index (κ3) is 4.03. The van der Waals surface area contributed by atoms with Crippen molar-refractivity contribution in [2.75, 3.05) is 13.6 Å². The first-order chi connectivity index (χ1) is 9.92. The Morgan fingerprint density at radius 1 is 1.43 bits per heavy atom.